The van der Waals surface area contributed by atoms with Gasteiger partial charge in [0.05, 0.1) is 11.3 Å². The number of hydrogen-bond acceptors (Lipinski definition) is 3. The van der Waals surface area contributed by atoms with Crippen LogP contribution in [0.2, 0.25) is 0 Å². The number of aryl methyl sites for hydroxylation is 1. The van der Waals surface area contributed by atoms with E-state index >= 15 is 0 Å². The van der Waals surface area contributed by atoms with E-state index in [9.17, 15) is 4.79 Å². The molecule has 1 heterocycles. The number of carbonyl (C=O) groups is 1. The fraction of sp³-hybridized carbons (Fsp3) is 0.667. The van der Waals surface area contributed by atoms with E-state index in [-0.39, 0.29) is 5.78 Å². The summed E-state index contributed by atoms with van der Waals surface area (Å²) in [4.78, 5) is 21.0. The van der Waals surface area contributed by atoms with Crippen LogP contribution in [0.1, 0.15) is 66.3 Å². The summed E-state index contributed by atoms with van der Waals surface area (Å²) in [7, 11) is 0. The number of ketones is 1. The minimum atomic E-state index is 0.232. The highest BCUT2D eigenvalue weighted by Gasteiger charge is 2.41. The van der Waals surface area contributed by atoms with Crippen molar-refractivity contribution in [1.29, 1.82) is 0 Å². The molecule has 3 aliphatic carbocycles. The van der Waals surface area contributed by atoms with Crippen molar-refractivity contribution in [2.75, 3.05) is 0 Å². The lowest BCUT2D eigenvalue weighted by Crippen LogP contribution is -2.18. The summed E-state index contributed by atoms with van der Waals surface area (Å²) in [5.41, 5.74) is 1.80. The van der Waals surface area contributed by atoms with Gasteiger partial charge in [-0.3, -0.25) is 4.79 Å². The third kappa shape index (κ3) is 1.53. The lowest BCUT2D eigenvalue weighted by atomic mass is 9.87. The number of hydrogen-bond donors (Lipinski definition) is 0. The van der Waals surface area contributed by atoms with Crippen molar-refractivity contribution in [3.8, 4) is 0 Å². The van der Waals surface area contributed by atoms with Crippen LogP contribution >= 0.6 is 0 Å². The second-order valence-corrected chi connectivity index (χ2v) is 6.15. The summed E-state index contributed by atoms with van der Waals surface area (Å²) in [6.07, 6.45) is 9.80. The van der Waals surface area contributed by atoms with Crippen LogP contribution in [0.5, 0.6) is 0 Å². The van der Waals surface area contributed by atoms with Gasteiger partial charge >= 0.3 is 0 Å². The maximum Gasteiger partial charge on any atom is 0.166 e. The first kappa shape index (κ1) is 10.7. The van der Waals surface area contributed by atoms with Crippen LogP contribution in [-0.4, -0.2) is 15.8 Å². The molecule has 1 aromatic heterocycles. The van der Waals surface area contributed by atoms with Crippen LogP contribution in [0, 0.1) is 11.8 Å². The highest BCUT2D eigenvalue weighted by molar-refractivity contribution is 5.97. The van der Waals surface area contributed by atoms with Gasteiger partial charge in [0.25, 0.3) is 0 Å². The van der Waals surface area contributed by atoms with Gasteiger partial charge in [-0.05, 0) is 43.9 Å². The second-order valence-electron chi connectivity index (χ2n) is 6.15. The summed E-state index contributed by atoms with van der Waals surface area (Å²) in [6.45, 7) is 0. The molecule has 0 amide bonds. The van der Waals surface area contributed by atoms with Gasteiger partial charge in [-0.25, -0.2) is 9.97 Å². The van der Waals surface area contributed by atoms with Gasteiger partial charge in [0.2, 0.25) is 0 Å². The van der Waals surface area contributed by atoms with E-state index in [4.69, 9.17) is 4.98 Å². The maximum atomic E-state index is 11.8. The van der Waals surface area contributed by atoms with Gasteiger partial charge in [0, 0.05) is 18.5 Å². The van der Waals surface area contributed by atoms with Crippen molar-refractivity contribution in [3.05, 3.63) is 23.3 Å². The minimum absolute atomic E-state index is 0.232. The fourth-order valence-corrected chi connectivity index (χ4v) is 4.15. The Kier molecular flexibility index (Phi) is 2.29. The summed E-state index contributed by atoms with van der Waals surface area (Å²) in [5.74, 6) is 3.56. The Morgan fingerprint density at radius 2 is 2.11 bits per heavy atom. The fourth-order valence-electron chi connectivity index (χ4n) is 4.15. The molecule has 0 N–H and O–H groups in total. The summed E-state index contributed by atoms with van der Waals surface area (Å²) >= 11 is 0. The first-order chi connectivity index (χ1) is 8.81. The lowest BCUT2D eigenvalue weighted by Gasteiger charge is -2.22. The van der Waals surface area contributed by atoms with Crippen molar-refractivity contribution < 1.29 is 4.79 Å². The van der Waals surface area contributed by atoms with Crippen LogP contribution < -0.4 is 0 Å². The topological polar surface area (TPSA) is 42.9 Å². The monoisotopic (exact) mass is 242 g/mol. The van der Waals surface area contributed by atoms with Crippen molar-refractivity contribution in [3.63, 3.8) is 0 Å². The van der Waals surface area contributed by atoms with E-state index in [0.29, 0.717) is 12.3 Å². The first-order valence-corrected chi connectivity index (χ1v) is 7.20. The Labute approximate surface area is 107 Å². The van der Waals surface area contributed by atoms with Crippen LogP contribution in [0.4, 0.5) is 0 Å². The van der Waals surface area contributed by atoms with Crippen LogP contribution in [0.3, 0.4) is 0 Å². The number of fused-ring (bicyclic) bond motifs is 3. The van der Waals surface area contributed by atoms with E-state index in [2.05, 4.69) is 4.98 Å². The number of rotatable bonds is 1. The molecule has 3 unspecified atom stereocenters. The molecule has 3 aliphatic rings. The largest absolute Gasteiger partial charge is 0.294 e. The molecule has 2 fully saturated rings. The molecule has 2 bridgehead atoms. The normalized spacial score (nSPS) is 33.8. The van der Waals surface area contributed by atoms with Crippen molar-refractivity contribution >= 4 is 5.78 Å². The Morgan fingerprint density at radius 3 is 2.89 bits per heavy atom. The second kappa shape index (κ2) is 3.87. The van der Waals surface area contributed by atoms with E-state index in [1.54, 1.807) is 6.20 Å². The molecule has 3 nitrogen and oxygen atoms in total. The zero-order chi connectivity index (χ0) is 12.1. The SMILES string of the molecule is O=C1CCCc2nc(C3CC4CCC3C4)ncc21. The smallest absolute Gasteiger partial charge is 0.166 e. The van der Waals surface area contributed by atoms with Crippen molar-refractivity contribution in [2.24, 2.45) is 11.8 Å². The molecular formula is C15H18N2O. The van der Waals surface area contributed by atoms with E-state index < -0.39 is 0 Å². The molecular weight excluding hydrogens is 224 g/mol. The molecule has 0 spiro atoms. The van der Waals surface area contributed by atoms with Crippen LogP contribution in [0.25, 0.3) is 0 Å². The lowest BCUT2D eigenvalue weighted by molar-refractivity contribution is 0.0971. The van der Waals surface area contributed by atoms with Gasteiger partial charge in [0.1, 0.15) is 5.82 Å². The minimum Gasteiger partial charge on any atom is -0.294 e. The summed E-state index contributed by atoms with van der Waals surface area (Å²) in [6, 6.07) is 0. The predicted molar refractivity (Wildman–Crippen MR) is 67.5 cm³/mol. The number of Topliss-reactive ketones (excluding diaryl/α,β-unsaturated/α-hetero) is 1. The standard InChI is InChI=1S/C15H18N2O/c18-14-3-1-2-13-12(14)8-16-15(17-13)11-7-9-4-5-10(11)6-9/h8-11H,1-7H2. The molecule has 1 aromatic rings. The molecule has 3 atom stereocenters. The van der Waals surface area contributed by atoms with Crippen molar-refractivity contribution in [2.45, 2.75) is 50.9 Å². The molecule has 0 radical (unpaired) electrons. The van der Waals surface area contributed by atoms with Gasteiger partial charge in [-0.2, -0.15) is 0 Å². The highest BCUT2D eigenvalue weighted by Crippen LogP contribution is 2.52. The van der Waals surface area contributed by atoms with E-state index in [0.717, 1.165) is 41.8 Å². The van der Waals surface area contributed by atoms with Crippen LogP contribution in [-0.2, 0) is 6.42 Å². The number of nitrogens with zero attached hydrogens (tertiary/aromatic N) is 2. The molecule has 0 aromatic carbocycles. The molecule has 94 valence electrons. The van der Waals surface area contributed by atoms with Gasteiger partial charge < -0.3 is 0 Å². The quantitative estimate of drug-likeness (QED) is 0.760. The zero-order valence-electron chi connectivity index (χ0n) is 10.6. The number of aromatic nitrogens is 2. The average Bonchev–Trinajstić information content (AvgIpc) is 3.01. The molecule has 0 aliphatic heterocycles. The Balaban J connectivity index is 1.68. The Bertz CT molecular complexity index is 511. The maximum absolute atomic E-state index is 11.8. The van der Waals surface area contributed by atoms with Crippen molar-refractivity contribution in [1.82, 2.24) is 9.97 Å². The van der Waals surface area contributed by atoms with Crippen LogP contribution in [0.15, 0.2) is 6.20 Å². The zero-order valence-corrected chi connectivity index (χ0v) is 10.6. The molecule has 18 heavy (non-hydrogen) atoms. The molecule has 4 rings (SSSR count). The Morgan fingerprint density at radius 1 is 1.17 bits per heavy atom. The third-order valence-corrected chi connectivity index (χ3v) is 5.07. The number of carbonyl (C=O) groups excluding carboxylic acids is 1. The Hall–Kier alpha value is -1.25. The summed E-state index contributed by atoms with van der Waals surface area (Å²) < 4.78 is 0. The average molecular weight is 242 g/mol. The highest BCUT2D eigenvalue weighted by atomic mass is 16.1. The van der Waals surface area contributed by atoms with Gasteiger partial charge in [0.15, 0.2) is 5.78 Å². The molecule has 0 saturated heterocycles. The first-order valence-electron chi connectivity index (χ1n) is 7.20. The van der Waals surface area contributed by atoms with Gasteiger partial charge in [-0.15, -0.1) is 0 Å². The molecule has 2 saturated carbocycles. The predicted octanol–water partition coefficient (Wildman–Crippen LogP) is 2.90. The third-order valence-electron chi connectivity index (χ3n) is 5.07. The van der Waals surface area contributed by atoms with E-state index in [1.807, 2.05) is 0 Å². The molecule has 3 heteroatoms. The van der Waals surface area contributed by atoms with E-state index in [1.165, 1.54) is 25.7 Å². The summed E-state index contributed by atoms with van der Waals surface area (Å²) in [5, 5.41) is 0. The van der Waals surface area contributed by atoms with Gasteiger partial charge in [-0.1, -0.05) is 6.42 Å².